The number of hydrogen-bond acceptors (Lipinski definition) is 4. The number of rotatable bonds is 0. The summed E-state index contributed by atoms with van der Waals surface area (Å²) in [6.07, 6.45) is 0.830. The van der Waals surface area contributed by atoms with Gasteiger partial charge in [-0.15, -0.1) is 0 Å². The van der Waals surface area contributed by atoms with Crippen molar-refractivity contribution in [2.45, 2.75) is 0 Å². The molecule has 1 aliphatic heterocycles. The van der Waals surface area contributed by atoms with E-state index in [1.165, 1.54) is 0 Å². The van der Waals surface area contributed by atoms with E-state index < -0.39 is 5.91 Å². The van der Waals surface area contributed by atoms with Gasteiger partial charge in [0.05, 0.1) is 0 Å². The highest BCUT2D eigenvalue weighted by Crippen LogP contribution is 1.61. The van der Waals surface area contributed by atoms with Crippen molar-refractivity contribution in [3.8, 4) is 0 Å². The molecule has 0 aromatic carbocycles. The average molecular weight is 116 g/mol. The van der Waals surface area contributed by atoms with Crippen LogP contribution in [0.1, 0.15) is 0 Å². The Morgan fingerprint density at radius 2 is 2.50 bits per heavy atom. The second kappa shape index (κ2) is 1.66. The highest BCUT2D eigenvalue weighted by atomic mass is 16.5. The van der Waals surface area contributed by atoms with Crippen LogP contribution < -0.4 is 16.5 Å². The molecule has 8 heavy (non-hydrogen) atoms. The molecule has 0 saturated heterocycles. The zero-order chi connectivity index (χ0) is 5.98. The van der Waals surface area contributed by atoms with Crippen LogP contribution in [0.25, 0.3) is 0 Å². The predicted octanol–water partition coefficient (Wildman–Crippen LogP) is -2.38. The summed E-state index contributed by atoms with van der Waals surface area (Å²) >= 11 is 0. The molecular weight excluding hydrogens is 112 g/mol. The lowest BCUT2D eigenvalue weighted by Gasteiger charge is -2.09. The molecule has 1 aliphatic rings. The number of hydrazone groups is 1. The highest BCUT2D eigenvalue weighted by molar-refractivity contribution is 6.24. The van der Waals surface area contributed by atoms with Crippen molar-refractivity contribution in [1.82, 2.24) is 16.5 Å². The van der Waals surface area contributed by atoms with E-state index in [-0.39, 0.29) is 4.85 Å². The lowest BCUT2D eigenvalue weighted by Crippen LogP contribution is -2.55. The van der Waals surface area contributed by atoms with Gasteiger partial charge in [0.2, 0.25) is 0 Å². The van der Waals surface area contributed by atoms with Crippen molar-refractivity contribution in [3.05, 3.63) is 5.21 Å². The van der Waals surface area contributed by atoms with Gasteiger partial charge in [0.15, 0.2) is 0 Å². The van der Waals surface area contributed by atoms with E-state index in [0.717, 1.165) is 6.21 Å². The third-order valence-corrected chi connectivity index (χ3v) is 0.586. The fourth-order valence-electron chi connectivity index (χ4n) is 0.316. The molecule has 0 aromatic heterocycles. The summed E-state index contributed by atoms with van der Waals surface area (Å²) in [7, 11) is 0. The molecule has 0 aromatic rings. The second-order valence-electron chi connectivity index (χ2n) is 1.18. The van der Waals surface area contributed by atoms with Gasteiger partial charge in [0.1, 0.15) is 0 Å². The molecule has 0 atom stereocenters. The molecule has 0 aliphatic carbocycles. The Balaban J connectivity index is 2.64. The van der Waals surface area contributed by atoms with Crippen LogP contribution in [-0.4, -0.2) is 17.0 Å². The van der Waals surface area contributed by atoms with Crippen molar-refractivity contribution < 1.29 is 9.64 Å². The lowest BCUT2D eigenvalue weighted by molar-refractivity contribution is -0.534. The minimum absolute atomic E-state index is 0.263. The number of nitrogens with zero attached hydrogens (tertiary/aromatic N) is 1. The van der Waals surface area contributed by atoms with Crippen LogP contribution in [-0.2, 0) is 4.79 Å². The Morgan fingerprint density at radius 3 is 2.88 bits per heavy atom. The van der Waals surface area contributed by atoms with Crippen molar-refractivity contribution in [1.29, 1.82) is 0 Å². The van der Waals surface area contributed by atoms with Gasteiger partial charge >= 0.3 is 5.91 Å². The quantitative estimate of drug-likeness (QED) is 0.244. The van der Waals surface area contributed by atoms with Crippen molar-refractivity contribution in [3.63, 3.8) is 0 Å². The van der Waals surface area contributed by atoms with Gasteiger partial charge in [-0.1, -0.05) is 15.9 Å². The van der Waals surface area contributed by atoms with Gasteiger partial charge in [-0.05, 0) is 0 Å². The minimum atomic E-state index is -0.473. The largest absolute Gasteiger partial charge is 0.595 e. The third-order valence-electron chi connectivity index (χ3n) is 0.586. The van der Waals surface area contributed by atoms with Crippen LogP contribution in [0, 0.1) is 5.21 Å². The highest BCUT2D eigenvalue weighted by Gasteiger charge is 2.06. The Morgan fingerprint density at radius 1 is 1.75 bits per heavy atom. The molecule has 1 rings (SSSR count). The van der Waals surface area contributed by atoms with Crippen LogP contribution in [0.2, 0.25) is 0 Å². The van der Waals surface area contributed by atoms with E-state index in [4.69, 9.17) is 0 Å². The van der Waals surface area contributed by atoms with Crippen molar-refractivity contribution >= 4 is 12.1 Å². The number of hydrogen-bond donors (Lipinski definition) is 3. The Hall–Kier alpha value is -1.30. The van der Waals surface area contributed by atoms with Gasteiger partial charge < -0.3 is 5.21 Å². The first kappa shape index (κ1) is 4.85. The number of hydrazine groups is 3. The molecule has 6 nitrogen and oxygen atoms in total. The van der Waals surface area contributed by atoms with Gasteiger partial charge in [0.25, 0.3) is 6.21 Å². The molecule has 44 valence electrons. The zero-order valence-corrected chi connectivity index (χ0v) is 3.84. The average Bonchev–Trinajstić information content (AvgIpc) is 1.64. The fraction of sp³-hybridized carbons (Fsp3) is 0. The fourth-order valence-corrected chi connectivity index (χ4v) is 0.316. The molecule has 0 unspecified atom stereocenters. The first-order valence-electron chi connectivity index (χ1n) is 1.91. The van der Waals surface area contributed by atoms with Gasteiger partial charge in [-0.25, -0.2) is 0 Å². The molecule has 0 saturated carbocycles. The Labute approximate surface area is 44.7 Å². The molecule has 0 radical (unpaired) electrons. The first-order chi connectivity index (χ1) is 3.79. The summed E-state index contributed by atoms with van der Waals surface area (Å²) in [5.41, 5.74) is 6.28. The number of carbonyl (C=O) groups excluding carboxylic acids is 1. The van der Waals surface area contributed by atoms with E-state index in [1.807, 2.05) is 0 Å². The molecule has 0 bridgehead atoms. The first-order valence-corrected chi connectivity index (χ1v) is 1.91. The number of nitrogens with one attached hydrogen (secondary N) is 3. The normalized spacial score (nSPS) is 18.5. The summed E-state index contributed by atoms with van der Waals surface area (Å²) in [5.74, 6) is -0.473. The standard InChI is InChI=1S/C2H4N4O2/c7-2-1-6(8)5-4-3-2/h1,4-5H,(H,3,7). The van der Waals surface area contributed by atoms with Crippen LogP contribution in [0.3, 0.4) is 0 Å². The zero-order valence-electron chi connectivity index (χ0n) is 3.84. The van der Waals surface area contributed by atoms with Crippen LogP contribution >= 0.6 is 0 Å². The summed E-state index contributed by atoms with van der Waals surface area (Å²) in [6.45, 7) is 0. The van der Waals surface area contributed by atoms with Crippen LogP contribution in [0.5, 0.6) is 0 Å². The second-order valence-corrected chi connectivity index (χ2v) is 1.18. The molecule has 0 spiro atoms. The molecule has 1 amide bonds. The Bertz CT molecular complexity index is 141. The van der Waals surface area contributed by atoms with E-state index in [2.05, 4.69) is 16.5 Å². The smallest absolute Gasteiger partial charge is 0.327 e. The molecule has 0 fully saturated rings. The summed E-state index contributed by atoms with van der Waals surface area (Å²) in [4.78, 5) is 10.4. The summed E-state index contributed by atoms with van der Waals surface area (Å²) < 4.78 is 0. The maximum absolute atomic E-state index is 10.2. The number of carbonyl (C=O) groups is 1. The summed E-state index contributed by atoms with van der Waals surface area (Å²) in [5, 5.41) is 10.1. The number of amides is 1. The maximum Gasteiger partial charge on any atom is 0.327 e. The van der Waals surface area contributed by atoms with Crippen molar-refractivity contribution in [2.75, 3.05) is 0 Å². The molecular formula is C2H4N4O2. The lowest BCUT2D eigenvalue weighted by atomic mass is 10.7. The van der Waals surface area contributed by atoms with Crippen LogP contribution in [0.4, 0.5) is 0 Å². The van der Waals surface area contributed by atoms with Gasteiger partial charge in [-0.3, -0.25) is 10.2 Å². The molecule has 1 heterocycles. The molecule has 6 heteroatoms. The minimum Gasteiger partial charge on any atom is -0.595 e. The van der Waals surface area contributed by atoms with Gasteiger partial charge in [0, 0.05) is 0 Å². The topological polar surface area (TPSA) is 79.2 Å². The van der Waals surface area contributed by atoms with Gasteiger partial charge in [-0.2, -0.15) is 0 Å². The third kappa shape index (κ3) is 0.850. The predicted molar refractivity (Wildman–Crippen MR) is 24.1 cm³/mol. The maximum atomic E-state index is 10.2. The molecule has 3 N–H and O–H groups in total. The van der Waals surface area contributed by atoms with Crippen molar-refractivity contribution in [2.24, 2.45) is 0 Å². The SMILES string of the molecule is O=C1C=[N+]([O-])NNN1. The van der Waals surface area contributed by atoms with E-state index in [1.54, 1.807) is 0 Å². The Kier molecular flexibility index (Phi) is 1.01. The summed E-state index contributed by atoms with van der Waals surface area (Å²) in [6, 6.07) is 0. The monoisotopic (exact) mass is 116 g/mol. The van der Waals surface area contributed by atoms with E-state index in [0.29, 0.717) is 0 Å². The van der Waals surface area contributed by atoms with E-state index >= 15 is 0 Å². The van der Waals surface area contributed by atoms with E-state index in [9.17, 15) is 10.0 Å². The van der Waals surface area contributed by atoms with Crippen LogP contribution in [0.15, 0.2) is 0 Å².